The van der Waals surface area contributed by atoms with Crippen molar-refractivity contribution >= 4 is 17.7 Å². The number of benzene rings is 1. The molecule has 0 saturated heterocycles. The van der Waals surface area contributed by atoms with Crippen molar-refractivity contribution in [2.45, 2.75) is 13.8 Å². The molecule has 0 aliphatic heterocycles. The van der Waals surface area contributed by atoms with Gasteiger partial charge in [0.2, 0.25) is 0 Å². The number of urea groups is 1. The van der Waals surface area contributed by atoms with Gasteiger partial charge in [0.1, 0.15) is 5.75 Å². The maximum Gasteiger partial charge on any atom is 0.350 e. The second-order valence-electron chi connectivity index (χ2n) is 3.76. The largest absolute Gasteiger partial charge is 0.494 e. The number of anilines is 1. The highest BCUT2D eigenvalue weighted by Crippen LogP contribution is 2.24. The highest BCUT2D eigenvalue weighted by molar-refractivity contribution is 5.99. The molecular formula is C12H18N4O2. The number of hydrogen-bond acceptors (Lipinski definition) is 2. The summed E-state index contributed by atoms with van der Waals surface area (Å²) in [6.45, 7) is 4.40. The molecule has 0 fully saturated rings. The number of carbonyl (C=O) groups is 1. The van der Waals surface area contributed by atoms with E-state index in [1.54, 1.807) is 19.2 Å². The molecule has 4 N–H and O–H groups in total. The number of nitrogens with two attached hydrogens (primary N) is 2. The normalized spacial score (nSPS) is 9.72. The van der Waals surface area contributed by atoms with Gasteiger partial charge in [-0.05, 0) is 37.6 Å². The molecule has 18 heavy (non-hydrogen) atoms. The molecule has 0 aliphatic carbocycles. The first-order chi connectivity index (χ1) is 8.45. The molecule has 0 bridgehead atoms. The van der Waals surface area contributed by atoms with Crippen LogP contribution in [0.5, 0.6) is 5.75 Å². The first-order valence-electron chi connectivity index (χ1n) is 5.56. The lowest BCUT2D eigenvalue weighted by Gasteiger charge is -2.17. The first-order valence-corrected chi connectivity index (χ1v) is 5.56. The summed E-state index contributed by atoms with van der Waals surface area (Å²) in [5, 5.41) is 0. The summed E-state index contributed by atoms with van der Waals surface area (Å²) >= 11 is 0. The fraction of sp³-hybridized carbons (Fsp3) is 0.333. The average Bonchev–Trinajstić information content (AvgIpc) is 2.28. The Morgan fingerprint density at radius 1 is 1.44 bits per heavy atom. The van der Waals surface area contributed by atoms with Gasteiger partial charge in [0, 0.05) is 12.7 Å². The Balaban J connectivity index is 2.96. The zero-order chi connectivity index (χ0) is 13.7. The Morgan fingerprint density at radius 2 is 2.11 bits per heavy atom. The number of carbonyl (C=O) groups excluding carboxylic acids is 1. The Morgan fingerprint density at radius 3 is 2.61 bits per heavy atom. The van der Waals surface area contributed by atoms with E-state index in [-0.39, 0.29) is 5.96 Å². The Hall–Kier alpha value is -2.24. The van der Waals surface area contributed by atoms with Crippen LogP contribution in [0, 0.1) is 6.92 Å². The molecule has 0 unspecified atom stereocenters. The van der Waals surface area contributed by atoms with E-state index in [0.717, 1.165) is 17.0 Å². The zero-order valence-corrected chi connectivity index (χ0v) is 10.8. The van der Waals surface area contributed by atoms with E-state index in [0.29, 0.717) is 6.61 Å². The van der Waals surface area contributed by atoms with E-state index < -0.39 is 6.03 Å². The fourth-order valence-electron chi connectivity index (χ4n) is 1.55. The van der Waals surface area contributed by atoms with E-state index in [4.69, 9.17) is 16.2 Å². The van der Waals surface area contributed by atoms with Gasteiger partial charge in [0.25, 0.3) is 0 Å². The van der Waals surface area contributed by atoms with Gasteiger partial charge < -0.3 is 16.2 Å². The molecule has 1 aromatic carbocycles. The molecule has 6 nitrogen and oxygen atoms in total. The van der Waals surface area contributed by atoms with Crippen molar-refractivity contribution in [2.75, 3.05) is 18.6 Å². The quantitative estimate of drug-likeness (QED) is 0.623. The molecule has 98 valence electrons. The van der Waals surface area contributed by atoms with Crippen molar-refractivity contribution in [3.63, 3.8) is 0 Å². The Labute approximate surface area is 106 Å². The molecule has 0 radical (unpaired) electrons. The second kappa shape index (κ2) is 5.90. The van der Waals surface area contributed by atoms with Crippen LogP contribution in [-0.4, -0.2) is 25.6 Å². The van der Waals surface area contributed by atoms with E-state index in [1.807, 2.05) is 19.9 Å². The summed E-state index contributed by atoms with van der Waals surface area (Å²) in [5.41, 5.74) is 12.0. The smallest absolute Gasteiger partial charge is 0.350 e. The lowest BCUT2D eigenvalue weighted by Crippen LogP contribution is -2.30. The summed E-state index contributed by atoms with van der Waals surface area (Å²) in [4.78, 5) is 16.5. The van der Waals surface area contributed by atoms with Crippen LogP contribution in [-0.2, 0) is 0 Å². The fourth-order valence-corrected chi connectivity index (χ4v) is 1.55. The predicted molar refractivity (Wildman–Crippen MR) is 72.0 cm³/mol. The third kappa shape index (κ3) is 3.38. The van der Waals surface area contributed by atoms with Crippen LogP contribution in [0.15, 0.2) is 23.2 Å². The molecule has 0 spiro atoms. The minimum absolute atomic E-state index is 0.254. The van der Waals surface area contributed by atoms with Gasteiger partial charge in [0.05, 0.1) is 6.61 Å². The molecule has 0 aliphatic rings. The number of hydrogen-bond donors (Lipinski definition) is 2. The summed E-state index contributed by atoms with van der Waals surface area (Å²) in [6, 6.07) is 4.94. The van der Waals surface area contributed by atoms with Crippen molar-refractivity contribution in [1.82, 2.24) is 0 Å². The van der Waals surface area contributed by atoms with Gasteiger partial charge in [0.15, 0.2) is 5.96 Å². The first kappa shape index (κ1) is 13.8. The molecule has 0 aromatic heterocycles. The topological polar surface area (TPSA) is 93.9 Å². The Bertz CT molecular complexity index is 467. The van der Waals surface area contributed by atoms with Gasteiger partial charge in [-0.3, -0.25) is 4.90 Å². The van der Waals surface area contributed by atoms with E-state index in [2.05, 4.69) is 4.99 Å². The van der Waals surface area contributed by atoms with Crippen LogP contribution < -0.4 is 21.1 Å². The van der Waals surface area contributed by atoms with Crippen LogP contribution >= 0.6 is 0 Å². The van der Waals surface area contributed by atoms with Crippen molar-refractivity contribution in [3.8, 4) is 5.75 Å². The maximum absolute atomic E-state index is 11.7. The molecule has 0 atom stereocenters. The summed E-state index contributed by atoms with van der Waals surface area (Å²) in [6.07, 6.45) is 0. The second-order valence-corrected chi connectivity index (χ2v) is 3.76. The molecule has 0 heterocycles. The van der Waals surface area contributed by atoms with Gasteiger partial charge in [-0.25, -0.2) is 4.79 Å². The van der Waals surface area contributed by atoms with Crippen molar-refractivity contribution in [3.05, 3.63) is 23.8 Å². The van der Waals surface area contributed by atoms with E-state index in [9.17, 15) is 4.79 Å². The monoisotopic (exact) mass is 250 g/mol. The van der Waals surface area contributed by atoms with E-state index in [1.165, 1.54) is 4.90 Å². The molecule has 1 aromatic rings. The number of ether oxygens (including phenoxy) is 1. The van der Waals surface area contributed by atoms with Gasteiger partial charge in [-0.15, -0.1) is 0 Å². The molecule has 1 rings (SSSR count). The number of aliphatic imine (C=N–C) groups is 1. The van der Waals surface area contributed by atoms with Crippen LogP contribution in [0.1, 0.15) is 12.5 Å². The van der Waals surface area contributed by atoms with Crippen molar-refractivity contribution in [1.29, 1.82) is 0 Å². The minimum Gasteiger partial charge on any atom is -0.494 e. The maximum atomic E-state index is 11.7. The SMILES string of the molecule is CCOc1ccc(N(C)C(=O)N=C(N)N)c(C)c1. The lowest BCUT2D eigenvalue weighted by atomic mass is 10.2. The molecular weight excluding hydrogens is 232 g/mol. The van der Waals surface area contributed by atoms with Crippen molar-refractivity contribution < 1.29 is 9.53 Å². The van der Waals surface area contributed by atoms with Crippen LogP contribution in [0.2, 0.25) is 0 Å². The highest BCUT2D eigenvalue weighted by Gasteiger charge is 2.12. The highest BCUT2D eigenvalue weighted by atomic mass is 16.5. The Kier molecular flexibility index (Phi) is 4.53. The van der Waals surface area contributed by atoms with Crippen LogP contribution in [0.25, 0.3) is 0 Å². The number of guanidine groups is 1. The zero-order valence-electron chi connectivity index (χ0n) is 10.8. The number of aryl methyl sites for hydroxylation is 1. The van der Waals surface area contributed by atoms with Crippen molar-refractivity contribution in [2.24, 2.45) is 16.5 Å². The number of nitrogens with zero attached hydrogens (tertiary/aromatic N) is 2. The minimum atomic E-state index is -0.512. The summed E-state index contributed by atoms with van der Waals surface area (Å²) in [5.74, 6) is 0.511. The lowest BCUT2D eigenvalue weighted by molar-refractivity contribution is 0.255. The number of amides is 2. The third-order valence-electron chi connectivity index (χ3n) is 2.35. The van der Waals surface area contributed by atoms with Crippen LogP contribution in [0.4, 0.5) is 10.5 Å². The van der Waals surface area contributed by atoms with Gasteiger partial charge in [-0.1, -0.05) is 0 Å². The molecule has 0 saturated carbocycles. The van der Waals surface area contributed by atoms with E-state index >= 15 is 0 Å². The molecule has 6 heteroatoms. The molecule has 2 amide bonds. The summed E-state index contributed by atoms with van der Waals surface area (Å²) in [7, 11) is 1.61. The predicted octanol–water partition coefficient (Wildman–Crippen LogP) is 1.22. The van der Waals surface area contributed by atoms with Crippen LogP contribution in [0.3, 0.4) is 0 Å². The number of rotatable bonds is 3. The van der Waals surface area contributed by atoms with Gasteiger partial charge >= 0.3 is 6.03 Å². The summed E-state index contributed by atoms with van der Waals surface area (Å²) < 4.78 is 5.38. The third-order valence-corrected chi connectivity index (χ3v) is 2.35. The average molecular weight is 250 g/mol. The standard InChI is InChI=1S/C12H18N4O2/c1-4-18-9-5-6-10(8(2)7-9)16(3)12(17)15-11(13)14/h5-7H,4H2,1-3H3,(H4,13,14,15,17). The van der Waals surface area contributed by atoms with Gasteiger partial charge in [-0.2, -0.15) is 4.99 Å².